The Morgan fingerprint density at radius 2 is 1.70 bits per heavy atom. The highest BCUT2D eigenvalue weighted by Crippen LogP contribution is 2.32. The van der Waals surface area contributed by atoms with E-state index < -0.39 is 27.8 Å². The molecule has 11 heteroatoms. The minimum atomic E-state index is -4.62. The lowest BCUT2D eigenvalue weighted by atomic mass is 10.1. The number of rotatable bonds is 13. The lowest BCUT2D eigenvalue weighted by Gasteiger charge is -2.29. The van der Waals surface area contributed by atoms with Crippen LogP contribution < -0.4 is 9.62 Å². The monoisotopic (exact) mass is 541 g/mol. The molecule has 1 N–H and O–H groups in total. The molecular weight excluding hydrogens is 507 g/mol. The van der Waals surface area contributed by atoms with Gasteiger partial charge in [0.2, 0.25) is 21.8 Å². The molecule has 0 saturated heterocycles. The number of benzene rings is 2. The number of alkyl halides is 3. The number of hydrogen-bond acceptors (Lipinski definition) is 4. The van der Waals surface area contributed by atoms with Crippen molar-refractivity contribution in [3.63, 3.8) is 0 Å². The molecule has 2 rings (SSSR count). The maximum absolute atomic E-state index is 13.2. The summed E-state index contributed by atoms with van der Waals surface area (Å²) in [6.07, 6.45) is -2.46. The van der Waals surface area contributed by atoms with Crippen LogP contribution in [-0.2, 0) is 32.2 Å². The average Bonchev–Trinajstić information content (AvgIpc) is 2.84. The molecule has 0 aliphatic heterocycles. The minimum absolute atomic E-state index is 0.0628. The van der Waals surface area contributed by atoms with E-state index >= 15 is 0 Å². The summed E-state index contributed by atoms with van der Waals surface area (Å²) in [7, 11) is -3.91. The zero-order valence-electron chi connectivity index (χ0n) is 21.3. The summed E-state index contributed by atoms with van der Waals surface area (Å²) in [5, 5.41) is 2.79. The van der Waals surface area contributed by atoms with Gasteiger partial charge in [0.1, 0.15) is 6.04 Å². The van der Waals surface area contributed by atoms with Gasteiger partial charge in [0.05, 0.1) is 17.5 Å². The largest absolute Gasteiger partial charge is 0.416 e. The zero-order chi connectivity index (χ0) is 27.6. The van der Waals surface area contributed by atoms with Crippen LogP contribution in [0.25, 0.3) is 0 Å². The third-order valence-corrected chi connectivity index (χ3v) is 7.01. The van der Waals surface area contributed by atoms with Crippen molar-refractivity contribution in [2.24, 2.45) is 0 Å². The Labute approximate surface area is 216 Å². The molecule has 0 radical (unpaired) electrons. The van der Waals surface area contributed by atoms with Gasteiger partial charge in [-0.1, -0.05) is 43.3 Å². The van der Waals surface area contributed by atoms with E-state index in [2.05, 4.69) is 5.32 Å². The molecule has 37 heavy (non-hydrogen) atoms. The van der Waals surface area contributed by atoms with Crippen molar-refractivity contribution in [3.05, 3.63) is 65.7 Å². The topological polar surface area (TPSA) is 86.8 Å². The molecule has 7 nitrogen and oxygen atoms in total. The van der Waals surface area contributed by atoms with Gasteiger partial charge in [-0.3, -0.25) is 13.9 Å². The number of amides is 2. The fraction of sp³-hybridized carbons (Fsp3) is 0.462. The molecule has 0 unspecified atom stereocenters. The van der Waals surface area contributed by atoms with E-state index in [9.17, 15) is 31.2 Å². The Balaban J connectivity index is 2.14. The molecule has 2 aromatic carbocycles. The van der Waals surface area contributed by atoms with Crippen LogP contribution in [0.5, 0.6) is 0 Å². The Kier molecular flexibility index (Phi) is 11.0. The van der Waals surface area contributed by atoms with E-state index in [-0.39, 0.29) is 43.4 Å². The number of hydrogen-bond donors (Lipinski definition) is 1. The Bertz CT molecular complexity index is 1140. The summed E-state index contributed by atoms with van der Waals surface area (Å²) in [5.74, 6) is -0.627. The van der Waals surface area contributed by atoms with Gasteiger partial charge in [-0.15, -0.1) is 0 Å². The highest BCUT2D eigenvalue weighted by Gasteiger charge is 2.32. The van der Waals surface area contributed by atoms with Crippen molar-refractivity contribution in [1.29, 1.82) is 0 Å². The maximum atomic E-state index is 13.2. The number of anilines is 1. The van der Waals surface area contributed by atoms with Crippen molar-refractivity contribution in [3.8, 4) is 0 Å². The van der Waals surface area contributed by atoms with Crippen LogP contribution in [0, 0.1) is 0 Å². The van der Waals surface area contributed by atoms with Gasteiger partial charge in [0, 0.05) is 26.1 Å². The van der Waals surface area contributed by atoms with E-state index in [0.29, 0.717) is 13.0 Å². The van der Waals surface area contributed by atoms with Gasteiger partial charge in [0.15, 0.2) is 0 Å². The highest BCUT2D eigenvalue weighted by atomic mass is 32.2. The second-order valence-electron chi connectivity index (χ2n) is 8.78. The summed E-state index contributed by atoms with van der Waals surface area (Å²) < 4.78 is 65.0. The zero-order valence-corrected chi connectivity index (χ0v) is 22.1. The molecule has 0 saturated carbocycles. The molecule has 0 fully saturated rings. The van der Waals surface area contributed by atoms with Crippen LogP contribution in [0.4, 0.5) is 18.9 Å². The molecule has 0 aliphatic carbocycles. The quantitative estimate of drug-likeness (QED) is 0.411. The van der Waals surface area contributed by atoms with Crippen LogP contribution >= 0.6 is 0 Å². The summed E-state index contributed by atoms with van der Waals surface area (Å²) in [5.41, 5.74) is -0.0963. The standard InChI is InChI=1S/C26H34F3N3O4S/c1-4-16-30-25(34)20(2)31(18-15-21-10-6-5-7-11-21)24(33)14-9-17-32(37(3,35)36)23-13-8-12-22(19-23)26(27,28)29/h5-8,10-13,19-20H,4,9,14-18H2,1-3H3,(H,30,34)/t20-/m1/s1. The normalized spacial score (nSPS) is 12.6. The first kappa shape index (κ1) is 30.1. The summed E-state index contributed by atoms with van der Waals surface area (Å²) in [6.45, 7) is 4.13. The fourth-order valence-electron chi connectivity index (χ4n) is 3.81. The number of halogens is 3. The van der Waals surface area contributed by atoms with Crippen LogP contribution in [0.1, 0.15) is 44.2 Å². The van der Waals surface area contributed by atoms with Crippen molar-refractivity contribution in [1.82, 2.24) is 10.2 Å². The Morgan fingerprint density at radius 3 is 2.30 bits per heavy atom. The molecule has 0 aromatic heterocycles. The van der Waals surface area contributed by atoms with Gasteiger partial charge in [-0.25, -0.2) is 8.42 Å². The molecule has 2 aromatic rings. The fourth-order valence-corrected chi connectivity index (χ4v) is 4.76. The van der Waals surface area contributed by atoms with Gasteiger partial charge in [-0.2, -0.15) is 13.2 Å². The number of nitrogens with one attached hydrogen (secondary N) is 1. The van der Waals surface area contributed by atoms with Gasteiger partial charge < -0.3 is 10.2 Å². The SMILES string of the molecule is CCCNC(=O)[C@@H](C)N(CCc1ccccc1)C(=O)CCCN(c1cccc(C(F)(F)F)c1)S(C)(=O)=O. The molecule has 0 heterocycles. The van der Waals surface area contributed by atoms with Crippen LogP contribution in [-0.4, -0.2) is 57.1 Å². The van der Waals surface area contributed by atoms with Crippen molar-refractivity contribution < 1.29 is 31.2 Å². The minimum Gasteiger partial charge on any atom is -0.354 e. The van der Waals surface area contributed by atoms with Gasteiger partial charge >= 0.3 is 6.18 Å². The molecule has 204 valence electrons. The second-order valence-corrected chi connectivity index (χ2v) is 10.7. The summed E-state index contributed by atoms with van der Waals surface area (Å²) >= 11 is 0. The Morgan fingerprint density at radius 1 is 1.03 bits per heavy atom. The average molecular weight is 542 g/mol. The van der Waals surface area contributed by atoms with Gasteiger partial charge in [-0.05, 0) is 49.9 Å². The molecule has 0 aliphatic rings. The first-order chi connectivity index (χ1) is 17.3. The lowest BCUT2D eigenvalue weighted by molar-refractivity contribution is -0.139. The van der Waals surface area contributed by atoms with E-state index in [1.165, 1.54) is 11.0 Å². The Hall–Kier alpha value is -3.08. The van der Waals surface area contributed by atoms with E-state index in [0.717, 1.165) is 40.7 Å². The molecule has 0 bridgehead atoms. The third-order valence-electron chi connectivity index (χ3n) is 5.81. The lowest BCUT2D eigenvalue weighted by Crippen LogP contribution is -2.49. The van der Waals surface area contributed by atoms with E-state index in [1.807, 2.05) is 37.3 Å². The number of sulfonamides is 1. The number of nitrogens with zero attached hydrogens (tertiary/aromatic N) is 2. The number of carbonyl (C=O) groups is 2. The third kappa shape index (κ3) is 9.38. The smallest absolute Gasteiger partial charge is 0.354 e. The molecule has 0 spiro atoms. The van der Waals surface area contributed by atoms with Crippen molar-refractivity contribution in [2.75, 3.05) is 30.2 Å². The van der Waals surface area contributed by atoms with Crippen molar-refractivity contribution >= 4 is 27.5 Å². The predicted molar refractivity (Wildman–Crippen MR) is 137 cm³/mol. The van der Waals surface area contributed by atoms with Crippen LogP contribution in [0.3, 0.4) is 0 Å². The van der Waals surface area contributed by atoms with Crippen LogP contribution in [0.15, 0.2) is 54.6 Å². The first-order valence-corrected chi connectivity index (χ1v) is 14.0. The predicted octanol–water partition coefficient (Wildman–Crippen LogP) is 4.24. The van der Waals surface area contributed by atoms with Crippen molar-refractivity contribution in [2.45, 2.75) is 51.7 Å². The van der Waals surface area contributed by atoms with E-state index in [1.54, 1.807) is 6.92 Å². The molecule has 2 amide bonds. The summed E-state index contributed by atoms with van der Waals surface area (Å²) in [4.78, 5) is 27.2. The van der Waals surface area contributed by atoms with Crippen LogP contribution in [0.2, 0.25) is 0 Å². The first-order valence-electron chi connectivity index (χ1n) is 12.1. The number of carbonyl (C=O) groups excluding carboxylic acids is 2. The highest BCUT2D eigenvalue weighted by molar-refractivity contribution is 7.92. The van der Waals surface area contributed by atoms with Gasteiger partial charge in [0.25, 0.3) is 0 Å². The van der Waals surface area contributed by atoms with E-state index in [4.69, 9.17) is 0 Å². The molecular formula is C26H34F3N3O4S. The summed E-state index contributed by atoms with van der Waals surface area (Å²) in [6, 6.07) is 12.8. The molecule has 1 atom stereocenters. The second kappa shape index (κ2) is 13.5. The maximum Gasteiger partial charge on any atom is 0.416 e.